The van der Waals surface area contributed by atoms with Gasteiger partial charge < -0.3 is 17.7 Å². The Morgan fingerprint density at radius 1 is 1.46 bits per heavy atom. The number of nitrogens with zero attached hydrogens (tertiary/aromatic N) is 2. The van der Waals surface area contributed by atoms with Gasteiger partial charge in [0.2, 0.25) is 5.39 Å². The molecule has 0 aliphatic carbocycles. The minimum absolute atomic E-state index is 0. The maximum Gasteiger partial charge on any atom is 0.408 e. The molecule has 0 bridgehead atoms. The van der Waals surface area contributed by atoms with Crippen molar-refractivity contribution in [1.82, 2.24) is 0 Å². The Kier molecular flexibility index (Phi) is 4.86. The molecule has 0 fully saturated rings. The lowest BCUT2D eigenvalue weighted by molar-refractivity contribution is -0.00000281. The monoisotopic (exact) mass is 197 g/mol. The van der Waals surface area contributed by atoms with Crippen molar-refractivity contribution in [2.75, 3.05) is 11.9 Å². The van der Waals surface area contributed by atoms with Gasteiger partial charge in [0.25, 0.3) is 0 Å². The number of benzene rings is 1. The highest BCUT2D eigenvalue weighted by Crippen LogP contribution is 2.25. The average Bonchev–Trinajstić information content (AvgIpc) is 2.08. The van der Waals surface area contributed by atoms with Crippen LogP contribution in [0.2, 0.25) is 0 Å². The predicted octanol–water partition coefficient (Wildman–Crippen LogP) is -0.0846. The van der Waals surface area contributed by atoms with Crippen molar-refractivity contribution in [3.05, 3.63) is 28.7 Å². The second-order valence-corrected chi connectivity index (χ2v) is 2.65. The first-order chi connectivity index (χ1) is 5.77. The van der Waals surface area contributed by atoms with Gasteiger partial charge in [-0.25, -0.2) is 0 Å². The third-order valence-corrected chi connectivity index (χ3v) is 1.63. The van der Waals surface area contributed by atoms with E-state index in [-0.39, 0.29) is 12.4 Å². The van der Waals surface area contributed by atoms with E-state index in [1.54, 1.807) is 0 Å². The smallest absolute Gasteiger partial charge is 0.408 e. The van der Waals surface area contributed by atoms with Crippen molar-refractivity contribution in [2.45, 2.75) is 13.8 Å². The molecule has 0 aliphatic heterocycles. The minimum Gasteiger partial charge on any atom is -1.00 e. The van der Waals surface area contributed by atoms with E-state index in [1.807, 2.05) is 32.0 Å². The van der Waals surface area contributed by atoms with Crippen LogP contribution >= 0.6 is 0 Å². The first kappa shape index (κ1) is 11.7. The van der Waals surface area contributed by atoms with Gasteiger partial charge in [0.1, 0.15) is 5.69 Å². The lowest BCUT2D eigenvalue weighted by Gasteiger charge is -1.98. The highest BCUT2D eigenvalue weighted by Gasteiger charge is 2.11. The number of anilines is 1. The molecule has 0 heterocycles. The molecule has 0 saturated carbocycles. The fourth-order valence-corrected chi connectivity index (χ4v) is 1.06. The number of nitrogens with one attached hydrogen (secondary N) is 1. The van der Waals surface area contributed by atoms with Crippen LogP contribution in [-0.4, -0.2) is 6.54 Å². The molecule has 0 aromatic heterocycles. The zero-order chi connectivity index (χ0) is 8.97. The van der Waals surface area contributed by atoms with E-state index < -0.39 is 0 Å². The van der Waals surface area contributed by atoms with E-state index in [4.69, 9.17) is 5.39 Å². The maximum atomic E-state index is 8.65. The predicted molar refractivity (Wildman–Crippen MR) is 50.1 cm³/mol. The molecule has 1 rings (SSSR count). The third kappa shape index (κ3) is 2.92. The van der Waals surface area contributed by atoms with Crippen molar-refractivity contribution in [2.24, 2.45) is 0 Å². The molecule has 0 saturated heterocycles. The molecule has 13 heavy (non-hydrogen) atoms. The van der Waals surface area contributed by atoms with E-state index in [2.05, 4.69) is 10.3 Å². The molecule has 0 amide bonds. The normalized spacial score (nSPS) is 8.38. The van der Waals surface area contributed by atoms with Gasteiger partial charge in [-0.05, 0) is 25.5 Å². The Labute approximate surface area is 84.2 Å². The summed E-state index contributed by atoms with van der Waals surface area (Å²) in [5.41, 5.74) is 2.55. The molecule has 1 aromatic rings. The molecule has 3 nitrogen and oxygen atoms in total. The minimum atomic E-state index is 0. The van der Waals surface area contributed by atoms with Gasteiger partial charge in [0.15, 0.2) is 4.98 Å². The van der Waals surface area contributed by atoms with Crippen LogP contribution in [0.3, 0.4) is 0 Å². The summed E-state index contributed by atoms with van der Waals surface area (Å²) in [4.78, 5) is 3.19. The Balaban J connectivity index is 0.00000144. The number of aryl methyl sites for hydroxylation is 1. The van der Waals surface area contributed by atoms with Crippen molar-refractivity contribution in [3.8, 4) is 0 Å². The van der Waals surface area contributed by atoms with Crippen LogP contribution in [-0.2, 0) is 0 Å². The molecular weight excluding hydrogens is 186 g/mol. The van der Waals surface area contributed by atoms with E-state index in [9.17, 15) is 0 Å². The van der Waals surface area contributed by atoms with Gasteiger partial charge in [0.05, 0.1) is 0 Å². The first-order valence-electron chi connectivity index (χ1n) is 3.97. The van der Waals surface area contributed by atoms with E-state index in [1.165, 1.54) is 0 Å². The Hall–Kier alpha value is -1.27. The van der Waals surface area contributed by atoms with Gasteiger partial charge >= 0.3 is 5.69 Å². The molecule has 0 atom stereocenters. The van der Waals surface area contributed by atoms with E-state index >= 15 is 0 Å². The first-order valence-corrected chi connectivity index (χ1v) is 3.97. The summed E-state index contributed by atoms with van der Waals surface area (Å²) in [5.74, 6) is 0. The molecule has 0 spiro atoms. The standard InChI is InChI=1S/C9H12N3.ClH/c1-3-11-8-5-4-7(2)6-9(8)12-10;/h4-6,11H,3H2,1-2H3;1H/q+1;/p-1. The average molecular weight is 198 g/mol. The van der Waals surface area contributed by atoms with Gasteiger partial charge in [-0.1, -0.05) is 6.07 Å². The Bertz CT molecular complexity index is 317. The molecule has 1 N–H and O–H groups in total. The molecule has 0 aliphatic rings. The molecule has 1 aromatic carbocycles. The molecule has 4 heteroatoms. The van der Waals surface area contributed by atoms with Crippen LogP contribution in [0.4, 0.5) is 11.4 Å². The highest BCUT2D eigenvalue weighted by atomic mass is 35.5. The third-order valence-electron chi connectivity index (χ3n) is 1.63. The number of diazo groups is 1. The van der Waals surface area contributed by atoms with Gasteiger partial charge in [-0.3, -0.25) is 0 Å². The zero-order valence-electron chi connectivity index (χ0n) is 7.71. The van der Waals surface area contributed by atoms with Crippen molar-refractivity contribution >= 4 is 11.4 Å². The largest absolute Gasteiger partial charge is 1.00 e. The number of hydrogen-bond donors (Lipinski definition) is 1. The molecule has 70 valence electrons. The van der Waals surface area contributed by atoms with Crippen LogP contribution in [0.25, 0.3) is 4.98 Å². The number of hydrogen-bond acceptors (Lipinski definition) is 2. The van der Waals surface area contributed by atoms with Crippen LogP contribution in [0, 0.1) is 12.3 Å². The summed E-state index contributed by atoms with van der Waals surface area (Å²) < 4.78 is 0. The summed E-state index contributed by atoms with van der Waals surface area (Å²) in [6, 6.07) is 5.72. The molecule has 0 radical (unpaired) electrons. The fourth-order valence-electron chi connectivity index (χ4n) is 1.06. The van der Waals surface area contributed by atoms with Crippen LogP contribution in [0.15, 0.2) is 18.2 Å². The Morgan fingerprint density at radius 2 is 2.15 bits per heavy atom. The SMILES string of the molecule is CCNc1ccc(C)cc1[N+]#N.[Cl-]. The summed E-state index contributed by atoms with van der Waals surface area (Å²) >= 11 is 0. The van der Waals surface area contributed by atoms with E-state index in [0.29, 0.717) is 5.69 Å². The summed E-state index contributed by atoms with van der Waals surface area (Å²) in [6.45, 7) is 4.79. The lowest BCUT2D eigenvalue weighted by atomic mass is 10.2. The maximum absolute atomic E-state index is 8.65. The summed E-state index contributed by atoms with van der Waals surface area (Å²) in [5, 5.41) is 11.8. The van der Waals surface area contributed by atoms with Crippen LogP contribution in [0.5, 0.6) is 0 Å². The van der Waals surface area contributed by atoms with Crippen molar-refractivity contribution in [1.29, 1.82) is 5.39 Å². The summed E-state index contributed by atoms with van der Waals surface area (Å²) in [7, 11) is 0. The van der Waals surface area contributed by atoms with E-state index in [0.717, 1.165) is 17.8 Å². The van der Waals surface area contributed by atoms with Crippen molar-refractivity contribution in [3.63, 3.8) is 0 Å². The summed E-state index contributed by atoms with van der Waals surface area (Å²) in [6.07, 6.45) is 0. The lowest BCUT2D eigenvalue weighted by Crippen LogP contribution is -3.00. The second-order valence-electron chi connectivity index (χ2n) is 2.65. The second kappa shape index (κ2) is 5.39. The van der Waals surface area contributed by atoms with Crippen LogP contribution < -0.4 is 17.7 Å². The fraction of sp³-hybridized carbons (Fsp3) is 0.333. The highest BCUT2D eigenvalue weighted by molar-refractivity contribution is 5.69. The number of halogens is 1. The van der Waals surface area contributed by atoms with Gasteiger partial charge in [-0.15, -0.1) is 0 Å². The Morgan fingerprint density at radius 3 is 2.69 bits per heavy atom. The molecular formula is C9H12ClN3. The molecule has 0 unspecified atom stereocenters. The number of rotatable bonds is 2. The van der Waals surface area contributed by atoms with Gasteiger partial charge in [0, 0.05) is 12.6 Å². The van der Waals surface area contributed by atoms with Crippen molar-refractivity contribution < 1.29 is 12.4 Å². The zero-order valence-corrected chi connectivity index (χ0v) is 8.47. The quantitative estimate of drug-likeness (QED) is 0.674. The van der Waals surface area contributed by atoms with Gasteiger partial charge in [-0.2, -0.15) is 0 Å². The van der Waals surface area contributed by atoms with Crippen LogP contribution in [0.1, 0.15) is 12.5 Å². The topological polar surface area (TPSA) is 40.2 Å².